The highest BCUT2D eigenvalue weighted by Crippen LogP contribution is 2.22. The molecule has 0 radical (unpaired) electrons. The number of nitrogens with two attached hydrogens (primary N) is 1. The summed E-state index contributed by atoms with van der Waals surface area (Å²) in [4.78, 5) is 3.20. The van der Waals surface area contributed by atoms with Crippen molar-refractivity contribution in [3.63, 3.8) is 0 Å². The van der Waals surface area contributed by atoms with Gasteiger partial charge in [-0.1, -0.05) is 0 Å². The maximum atomic E-state index is 11.7. The number of sulfonamides is 1. The number of pyridine rings is 1. The second-order valence-corrected chi connectivity index (χ2v) is 3.93. The Bertz CT molecular complexity index is 440. The van der Waals surface area contributed by atoms with Crippen LogP contribution in [0.3, 0.4) is 0 Å². The molecule has 1 aromatic rings. The fraction of sp³-hybridized carbons (Fsp3) is 0.167. The van der Waals surface area contributed by atoms with Gasteiger partial charge in [0, 0.05) is 0 Å². The molecule has 0 amide bonds. The lowest BCUT2D eigenvalue weighted by Gasteiger charge is -2.07. The molecule has 0 aliphatic carbocycles. The molecule has 0 saturated heterocycles. The fourth-order valence-corrected chi connectivity index (χ4v) is 1.19. The average Bonchev–Trinajstić information content (AvgIpc) is 2.00. The second-order valence-electron chi connectivity index (χ2n) is 2.42. The first-order valence-electron chi connectivity index (χ1n) is 3.43. The van der Waals surface area contributed by atoms with Crippen LogP contribution in [0.5, 0.6) is 5.75 Å². The highest BCUT2D eigenvalue weighted by atomic mass is 32.2. The Hall–Kier alpha value is -1.35. The summed E-state index contributed by atoms with van der Waals surface area (Å²) in [5.74, 6) is -0.616. The molecule has 0 aliphatic heterocycles. The zero-order chi connectivity index (χ0) is 11.7. The summed E-state index contributed by atoms with van der Waals surface area (Å²) in [5, 5.41) is 4.15. The van der Waals surface area contributed by atoms with Crippen LogP contribution in [0.1, 0.15) is 0 Å². The molecule has 0 unspecified atom stereocenters. The number of hydrogen-bond acceptors (Lipinski definition) is 4. The van der Waals surface area contributed by atoms with E-state index in [0.717, 1.165) is 12.1 Å². The van der Waals surface area contributed by atoms with E-state index in [1.807, 2.05) is 0 Å². The molecule has 0 spiro atoms. The smallest absolute Gasteiger partial charge is 0.404 e. The number of halogens is 3. The number of ether oxygens (including phenoxy) is 1. The van der Waals surface area contributed by atoms with Crippen molar-refractivity contribution in [2.45, 2.75) is 11.4 Å². The average molecular weight is 242 g/mol. The van der Waals surface area contributed by atoms with E-state index in [2.05, 4.69) is 14.9 Å². The molecule has 0 aliphatic rings. The maximum absolute atomic E-state index is 11.7. The lowest BCUT2D eigenvalue weighted by Crippen LogP contribution is -2.18. The molecule has 5 nitrogen and oxygen atoms in total. The van der Waals surface area contributed by atoms with E-state index in [1.54, 1.807) is 0 Å². The van der Waals surface area contributed by atoms with Gasteiger partial charge in [0.25, 0.3) is 10.0 Å². The third kappa shape index (κ3) is 3.72. The van der Waals surface area contributed by atoms with Gasteiger partial charge in [0.1, 0.15) is 5.75 Å². The van der Waals surface area contributed by atoms with Crippen molar-refractivity contribution in [2.75, 3.05) is 0 Å². The minimum atomic E-state index is -4.84. The van der Waals surface area contributed by atoms with E-state index >= 15 is 0 Å². The Kier molecular flexibility index (Phi) is 2.86. The van der Waals surface area contributed by atoms with E-state index in [4.69, 9.17) is 0 Å². The van der Waals surface area contributed by atoms with E-state index in [-0.39, 0.29) is 0 Å². The number of alkyl halides is 3. The zero-order valence-electron chi connectivity index (χ0n) is 7.02. The summed E-state index contributed by atoms with van der Waals surface area (Å²) in [6.07, 6.45) is -4.22. The van der Waals surface area contributed by atoms with Crippen molar-refractivity contribution >= 4 is 10.0 Å². The molecule has 84 valence electrons. The monoisotopic (exact) mass is 242 g/mol. The van der Waals surface area contributed by atoms with Gasteiger partial charge in [0.15, 0.2) is 5.03 Å². The van der Waals surface area contributed by atoms with Gasteiger partial charge in [0.2, 0.25) is 0 Å². The SMILES string of the molecule is NS(=O)(=O)c1ccc(OC(F)(F)F)cn1. The third-order valence-corrected chi connectivity index (χ3v) is 2.06. The number of primary sulfonamides is 1. The normalized spacial score (nSPS) is 12.5. The highest BCUT2D eigenvalue weighted by molar-refractivity contribution is 7.89. The molecular formula is C6H5F3N2O3S. The van der Waals surface area contributed by atoms with E-state index in [0.29, 0.717) is 6.20 Å². The zero-order valence-corrected chi connectivity index (χ0v) is 7.84. The van der Waals surface area contributed by atoms with Crippen molar-refractivity contribution in [1.82, 2.24) is 4.98 Å². The van der Waals surface area contributed by atoms with Gasteiger partial charge in [-0.05, 0) is 12.1 Å². The molecule has 0 saturated carbocycles. The standard InChI is InChI=1S/C6H5F3N2O3S/c7-6(8,9)14-4-1-2-5(11-3-4)15(10,12)13/h1-3H,(H2,10,12,13). The molecule has 0 aromatic carbocycles. The first-order valence-corrected chi connectivity index (χ1v) is 4.98. The summed E-state index contributed by atoms with van der Waals surface area (Å²) in [6, 6.07) is 1.62. The highest BCUT2D eigenvalue weighted by Gasteiger charge is 2.31. The van der Waals surface area contributed by atoms with Crippen LogP contribution in [0.4, 0.5) is 13.2 Å². The number of rotatable bonds is 2. The van der Waals surface area contributed by atoms with Crippen LogP contribution in [0.15, 0.2) is 23.4 Å². The quantitative estimate of drug-likeness (QED) is 0.824. The maximum Gasteiger partial charge on any atom is 0.573 e. The number of hydrogen-bond donors (Lipinski definition) is 1. The summed E-state index contributed by atoms with van der Waals surface area (Å²) in [6.45, 7) is 0. The van der Waals surface area contributed by atoms with Crippen LogP contribution < -0.4 is 9.88 Å². The van der Waals surface area contributed by atoms with E-state index in [9.17, 15) is 21.6 Å². The van der Waals surface area contributed by atoms with Crippen LogP contribution in [-0.4, -0.2) is 19.8 Å². The summed E-state index contributed by atoms with van der Waals surface area (Å²) in [7, 11) is -4.01. The minimum absolute atomic E-state index is 0.531. The first kappa shape index (κ1) is 11.7. The van der Waals surface area contributed by atoms with E-state index < -0.39 is 27.2 Å². The van der Waals surface area contributed by atoms with Crippen molar-refractivity contribution in [1.29, 1.82) is 0 Å². The molecule has 0 fully saturated rings. The Morgan fingerprint density at radius 3 is 2.27 bits per heavy atom. The summed E-state index contributed by atoms with van der Waals surface area (Å²) in [5.41, 5.74) is 0. The van der Waals surface area contributed by atoms with Crippen molar-refractivity contribution in [2.24, 2.45) is 5.14 Å². The largest absolute Gasteiger partial charge is 0.573 e. The van der Waals surface area contributed by atoms with Gasteiger partial charge < -0.3 is 4.74 Å². The van der Waals surface area contributed by atoms with Gasteiger partial charge in [-0.3, -0.25) is 0 Å². The fourth-order valence-electron chi connectivity index (χ4n) is 0.729. The Morgan fingerprint density at radius 1 is 1.33 bits per heavy atom. The molecule has 0 atom stereocenters. The second kappa shape index (κ2) is 3.66. The predicted molar refractivity (Wildman–Crippen MR) is 42.3 cm³/mol. The molecule has 9 heteroatoms. The van der Waals surface area contributed by atoms with Crippen LogP contribution >= 0.6 is 0 Å². The Morgan fingerprint density at radius 2 is 1.93 bits per heavy atom. The summed E-state index contributed by atoms with van der Waals surface area (Å²) < 4.78 is 59.9. The van der Waals surface area contributed by atoms with Crippen molar-refractivity contribution in [3.05, 3.63) is 18.3 Å². The molecule has 2 N–H and O–H groups in total. The van der Waals surface area contributed by atoms with Crippen LogP contribution in [-0.2, 0) is 10.0 Å². The topological polar surface area (TPSA) is 82.3 Å². The third-order valence-electron chi connectivity index (χ3n) is 1.23. The van der Waals surface area contributed by atoms with Crippen LogP contribution in [0.2, 0.25) is 0 Å². The van der Waals surface area contributed by atoms with Gasteiger partial charge in [-0.15, -0.1) is 13.2 Å². The number of nitrogens with zero attached hydrogens (tertiary/aromatic N) is 1. The molecule has 1 rings (SSSR count). The number of aromatic nitrogens is 1. The van der Waals surface area contributed by atoms with E-state index in [1.165, 1.54) is 0 Å². The van der Waals surface area contributed by atoms with Gasteiger partial charge in [0.05, 0.1) is 6.20 Å². The first-order chi connectivity index (χ1) is 6.68. The molecule has 1 aromatic heterocycles. The van der Waals surface area contributed by atoms with Gasteiger partial charge in [-0.2, -0.15) is 0 Å². The molecule has 1 heterocycles. The lowest BCUT2D eigenvalue weighted by molar-refractivity contribution is -0.274. The summed E-state index contributed by atoms with van der Waals surface area (Å²) >= 11 is 0. The minimum Gasteiger partial charge on any atom is -0.404 e. The lowest BCUT2D eigenvalue weighted by atomic mass is 10.5. The Balaban J connectivity index is 2.92. The van der Waals surface area contributed by atoms with Crippen LogP contribution in [0, 0.1) is 0 Å². The van der Waals surface area contributed by atoms with Crippen molar-refractivity contribution in [3.8, 4) is 5.75 Å². The van der Waals surface area contributed by atoms with Gasteiger partial charge >= 0.3 is 6.36 Å². The molecule has 15 heavy (non-hydrogen) atoms. The predicted octanol–water partition coefficient (Wildman–Crippen LogP) is 0.628. The Labute approximate surface area is 82.7 Å². The molecule has 0 bridgehead atoms. The van der Waals surface area contributed by atoms with Gasteiger partial charge in [-0.25, -0.2) is 18.5 Å². The molecular weight excluding hydrogens is 237 g/mol. The van der Waals surface area contributed by atoms with Crippen molar-refractivity contribution < 1.29 is 26.3 Å². The van der Waals surface area contributed by atoms with Crippen LogP contribution in [0.25, 0.3) is 0 Å².